The van der Waals surface area contributed by atoms with Gasteiger partial charge >= 0.3 is 0 Å². The van der Waals surface area contributed by atoms with Crippen molar-refractivity contribution in [3.05, 3.63) is 60.4 Å². The van der Waals surface area contributed by atoms with E-state index in [0.717, 1.165) is 5.56 Å². The molecule has 0 aliphatic heterocycles. The predicted molar refractivity (Wildman–Crippen MR) is 87.4 cm³/mol. The Morgan fingerprint density at radius 2 is 1.70 bits per heavy atom. The second-order valence-corrected chi connectivity index (χ2v) is 6.44. The molecule has 0 saturated carbocycles. The van der Waals surface area contributed by atoms with Crippen molar-refractivity contribution in [1.82, 2.24) is 0 Å². The van der Waals surface area contributed by atoms with Crippen LogP contribution in [0.15, 0.2) is 39.3 Å². The summed E-state index contributed by atoms with van der Waals surface area (Å²) in [5.74, 6) is 0.634. The lowest BCUT2D eigenvalue weighted by Gasteiger charge is -2.11. The van der Waals surface area contributed by atoms with Gasteiger partial charge in [0, 0.05) is 0 Å². The van der Waals surface area contributed by atoms with Crippen LogP contribution < -0.4 is 4.74 Å². The van der Waals surface area contributed by atoms with Gasteiger partial charge in [0.25, 0.3) is 0 Å². The minimum Gasteiger partial charge on any atom is -0.487 e. The molecular formula is C14H7Br2Cl2NO. The predicted octanol–water partition coefficient (Wildman–Crippen LogP) is 5.97. The molecule has 0 saturated heterocycles. The fraction of sp³-hybridized carbons (Fsp3) is 0.0714. The third-order valence-electron chi connectivity index (χ3n) is 2.49. The average Bonchev–Trinajstić information content (AvgIpc) is 2.41. The second-order valence-electron chi connectivity index (χ2n) is 3.92. The van der Waals surface area contributed by atoms with Crippen molar-refractivity contribution < 1.29 is 4.74 Å². The normalized spacial score (nSPS) is 10.2. The molecule has 0 heterocycles. The molecule has 0 unspecified atom stereocenters. The van der Waals surface area contributed by atoms with Crippen LogP contribution in [0.1, 0.15) is 11.1 Å². The molecule has 0 spiro atoms. The van der Waals surface area contributed by atoms with Crippen LogP contribution in [0.2, 0.25) is 10.0 Å². The van der Waals surface area contributed by atoms with Crippen LogP contribution in [0, 0.1) is 11.3 Å². The molecule has 2 aromatic carbocycles. The number of nitrogens with zero attached hydrogens (tertiary/aromatic N) is 1. The summed E-state index contributed by atoms with van der Waals surface area (Å²) in [7, 11) is 0. The maximum Gasteiger partial charge on any atom is 0.148 e. The van der Waals surface area contributed by atoms with Gasteiger partial charge in [0.2, 0.25) is 0 Å². The zero-order valence-corrected chi connectivity index (χ0v) is 14.6. The largest absolute Gasteiger partial charge is 0.487 e. The van der Waals surface area contributed by atoms with Crippen LogP contribution in [0.4, 0.5) is 0 Å². The van der Waals surface area contributed by atoms with Crippen molar-refractivity contribution in [2.75, 3.05) is 0 Å². The highest BCUT2D eigenvalue weighted by atomic mass is 79.9. The van der Waals surface area contributed by atoms with Crippen molar-refractivity contribution in [2.24, 2.45) is 0 Å². The second kappa shape index (κ2) is 6.82. The smallest absolute Gasteiger partial charge is 0.148 e. The van der Waals surface area contributed by atoms with Gasteiger partial charge < -0.3 is 4.74 Å². The lowest BCUT2D eigenvalue weighted by atomic mass is 10.2. The molecule has 0 aliphatic carbocycles. The van der Waals surface area contributed by atoms with E-state index in [1.54, 1.807) is 24.3 Å². The molecule has 20 heavy (non-hydrogen) atoms. The Labute approximate surface area is 143 Å². The minimum absolute atomic E-state index is 0.347. The third kappa shape index (κ3) is 3.67. The summed E-state index contributed by atoms with van der Waals surface area (Å²) in [6.45, 7) is 0.347. The van der Waals surface area contributed by atoms with E-state index in [4.69, 9.17) is 33.2 Å². The molecule has 0 aliphatic rings. The minimum atomic E-state index is 0.347. The van der Waals surface area contributed by atoms with Crippen LogP contribution in [0.25, 0.3) is 0 Å². The highest BCUT2D eigenvalue weighted by Gasteiger charge is 2.09. The molecule has 0 bridgehead atoms. The van der Waals surface area contributed by atoms with E-state index in [0.29, 0.717) is 36.9 Å². The Morgan fingerprint density at radius 1 is 1.05 bits per heavy atom. The first-order valence-electron chi connectivity index (χ1n) is 5.47. The summed E-state index contributed by atoms with van der Waals surface area (Å²) >= 11 is 18.6. The SMILES string of the molecule is N#Cc1cc(Br)c(OCc2ccc(Cl)c(Cl)c2)c(Br)c1. The molecule has 6 heteroatoms. The summed E-state index contributed by atoms with van der Waals surface area (Å²) in [6.07, 6.45) is 0. The van der Waals surface area contributed by atoms with Crippen molar-refractivity contribution in [1.29, 1.82) is 5.26 Å². The summed E-state index contributed by atoms with van der Waals surface area (Å²) in [4.78, 5) is 0. The maximum atomic E-state index is 8.88. The van der Waals surface area contributed by atoms with Gasteiger partial charge in [0.05, 0.1) is 30.6 Å². The molecular weight excluding hydrogens is 429 g/mol. The Bertz CT molecular complexity index is 675. The van der Waals surface area contributed by atoms with Gasteiger partial charge in [-0.2, -0.15) is 5.26 Å². The number of nitriles is 1. The van der Waals surface area contributed by atoms with Gasteiger partial charge in [-0.3, -0.25) is 0 Å². The summed E-state index contributed by atoms with van der Waals surface area (Å²) in [5, 5.41) is 9.88. The van der Waals surface area contributed by atoms with E-state index in [-0.39, 0.29) is 0 Å². The molecule has 0 fully saturated rings. The Kier molecular flexibility index (Phi) is 5.34. The number of rotatable bonds is 3. The Morgan fingerprint density at radius 3 is 2.25 bits per heavy atom. The molecule has 0 radical (unpaired) electrons. The van der Waals surface area contributed by atoms with Crippen LogP contribution in [0.3, 0.4) is 0 Å². The molecule has 2 aromatic rings. The van der Waals surface area contributed by atoms with Gasteiger partial charge in [0.1, 0.15) is 12.4 Å². The molecule has 0 amide bonds. The fourth-order valence-corrected chi connectivity index (χ4v) is 3.28. The third-order valence-corrected chi connectivity index (χ3v) is 4.41. The molecule has 2 rings (SSSR count). The average molecular weight is 436 g/mol. The summed E-state index contributed by atoms with van der Waals surface area (Å²) in [5.41, 5.74) is 1.45. The number of hydrogen-bond acceptors (Lipinski definition) is 2. The topological polar surface area (TPSA) is 33.0 Å². The van der Waals surface area contributed by atoms with Crippen molar-refractivity contribution >= 4 is 55.1 Å². The Balaban J connectivity index is 2.19. The van der Waals surface area contributed by atoms with Gasteiger partial charge in [0.15, 0.2) is 0 Å². The summed E-state index contributed by atoms with van der Waals surface area (Å²) in [6, 6.07) is 10.8. The van der Waals surface area contributed by atoms with Crippen LogP contribution in [0.5, 0.6) is 5.75 Å². The monoisotopic (exact) mass is 433 g/mol. The number of ether oxygens (including phenoxy) is 1. The standard InChI is InChI=1S/C14H7Br2Cl2NO/c15-10-3-9(6-19)4-11(16)14(10)20-7-8-1-2-12(17)13(18)5-8/h1-5H,7H2. The fourth-order valence-electron chi connectivity index (χ4n) is 1.55. The molecule has 0 N–H and O–H groups in total. The van der Waals surface area contributed by atoms with E-state index in [9.17, 15) is 0 Å². The van der Waals surface area contributed by atoms with Crippen LogP contribution in [-0.2, 0) is 6.61 Å². The lowest BCUT2D eigenvalue weighted by Crippen LogP contribution is -1.97. The van der Waals surface area contributed by atoms with E-state index >= 15 is 0 Å². The number of benzene rings is 2. The van der Waals surface area contributed by atoms with E-state index in [1.807, 2.05) is 6.07 Å². The number of hydrogen-bond donors (Lipinski definition) is 0. The van der Waals surface area contributed by atoms with E-state index in [2.05, 4.69) is 37.9 Å². The molecule has 102 valence electrons. The molecule has 0 aromatic heterocycles. The van der Waals surface area contributed by atoms with E-state index < -0.39 is 0 Å². The van der Waals surface area contributed by atoms with Gasteiger partial charge in [-0.15, -0.1) is 0 Å². The van der Waals surface area contributed by atoms with Gasteiger partial charge in [-0.1, -0.05) is 29.3 Å². The molecule has 2 nitrogen and oxygen atoms in total. The maximum absolute atomic E-state index is 8.88. The highest BCUT2D eigenvalue weighted by Crippen LogP contribution is 2.35. The number of halogens is 4. The first-order valence-corrected chi connectivity index (χ1v) is 7.81. The van der Waals surface area contributed by atoms with Crippen molar-refractivity contribution in [3.8, 4) is 11.8 Å². The molecule has 0 atom stereocenters. The first-order chi connectivity index (χ1) is 9.51. The van der Waals surface area contributed by atoms with Gasteiger partial charge in [-0.05, 0) is 61.7 Å². The zero-order valence-electron chi connectivity index (χ0n) is 9.96. The first kappa shape index (κ1) is 15.7. The van der Waals surface area contributed by atoms with Crippen LogP contribution in [-0.4, -0.2) is 0 Å². The van der Waals surface area contributed by atoms with Gasteiger partial charge in [-0.25, -0.2) is 0 Å². The summed E-state index contributed by atoms with van der Waals surface area (Å²) < 4.78 is 7.17. The van der Waals surface area contributed by atoms with E-state index in [1.165, 1.54) is 0 Å². The lowest BCUT2D eigenvalue weighted by molar-refractivity contribution is 0.302. The Hall–Kier alpha value is -0.730. The van der Waals surface area contributed by atoms with Crippen molar-refractivity contribution in [3.63, 3.8) is 0 Å². The highest BCUT2D eigenvalue weighted by molar-refractivity contribution is 9.11. The van der Waals surface area contributed by atoms with Crippen LogP contribution >= 0.6 is 55.1 Å². The zero-order chi connectivity index (χ0) is 14.7. The quantitative estimate of drug-likeness (QED) is 0.595. The van der Waals surface area contributed by atoms with Crippen molar-refractivity contribution in [2.45, 2.75) is 6.61 Å².